The molecule has 1 aromatic heterocycles. The normalized spacial score (nSPS) is 11.3. The molecule has 0 bridgehead atoms. The molecule has 1 heterocycles. The quantitative estimate of drug-likeness (QED) is 0.462. The highest BCUT2D eigenvalue weighted by atomic mass is 35.5. The summed E-state index contributed by atoms with van der Waals surface area (Å²) in [4.78, 5) is 19.8. The minimum Gasteiger partial charge on any atom is -0.433 e. The van der Waals surface area contributed by atoms with E-state index in [1.165, 1.54) is 25.4 Å². The van der Waals surface area contributed by atoms with E-state index in [4.69, 9.17) is 23.2 Å². The summed E-state index contributed by atoms with van der Waals surface area (Å²) in [5.41, 5.74) is 0.861. The average molecular weight is 432 g/mol. The number of nitrogens with zero attached hydrogens (tertiary/aromatic N) is 2. The molecule has 1 amide bonds. The Morgan fingerprint density at radius 1 is 1.32 bits per heavy atom. The number of ether oxygens (including phenoxy) is 1. The Labute approximate surface area is 170 Å². The van der Waals surface area contributed by atoms with Crippen molar-refractivity contribution in [1.29, 1.82) is 0 Å². The molecular weight excluding hydrogens is 415 g/mol. The first-order chi connectivity index (χ1) is 13.4. The second kappa shape index (κ2) is 10.6. The molecule has 3 N–H and O–H groups in total. The van der Waals surface area contributed by atoms with Crippen molar-refractivity contribution in [3.63, 3.8) is 0 Å². The van der Waals surface area contributed by atoms with Gasteiger partial charge in [0.25, 0.3) is 0 Å². The lowest BCUT2D eigenvalue weighted by atomic mass is 10.2. The maximum atomic E-state index is 12.6. The lowest BCUT2D eigenvalue weighted by Crippen LogP contribution is -2.41. The number of alkyl halides is 2. The number of amides is 1. The van der Waals surface area contributed by atoms with Gasteiger partial charge < -0.3 is 20.7 Å². The van der Waals surface area contributed by atoms with Gasteiger partial charge in [-0.25, -0.2) is 0 Å². The Morgan fingerprint density at radius 3 is 2.75 bits per heavy atom. The fourth-order valence-electron chi connectivity index (χ4n) is 2.17. The van der Waals surface area contributed by atoms with Crippen LogP contribution in [0.15, 0.2) is 41.7 Å². The van der Waals surface area contributed by atoms with Crippen LogP contribution in [0.2, 0.25) is 10.0 Å². The first kappa shape index (κ1) is 21.6. The molecule has 0 saturated carbocycles. The van der Waals surface area contributed by atoms with Gasteiger partial charge in [0.1, 0.15) is 5.75 Å². The summed E-state index contributed by atoms with van der Waals surface area (Å²) < 4.78 is 29.7. The van der Waals surface area contributed by atoms with Crippen molar-refractivity contribution >= 4 is 40.8 Å². The molecule has 7 nitrogen and oxygen atoms in total. The number of rotatable bonds is 7. The first-order valence-electron chi connectivity index (χ1n) is 7.96. The molecule has 0 aliphatic rings. The number of pyridine rings is 1. The van der Waals surface area contributed by atoms with Crippen LogP contribution in [0.4, 0.5) is 14.5 Å². The molecule has 0 aliphatic carbocycles. The van der Waals surface area contributed by atoms with Crippen molar-refractivity contribution in [2.75, 3.05) is 18.9 Å². The number of guanidine groups is 1. The molecule has 2 rings (SSSR count). The van der Waals surface area contributed by atoms with Gasteiger partial charge in [-0.1, -0.05) is 23.2 Å². The Bertz CT molecular complexity index is 838. The van der Waals surface area contributed by atoms with Gasteiger partial charge in [-0.2, -0.15) is 8.78 Å². The molecule has 150 valence electrons. The van der Waals surface area contributed by atoms with E-state index in [1.807, 2.05) is 0 Å². The first-order valence-corrected chi connectivity index (χ1v) is 8.71. The van der Waals surface area contributed by atoms with Gasteiger partial charge in [0.2, 0.25) is 5.91 Å². The predicted octanol–water partition coefficient (Wildman–Crippen LogP) is 3.29. The number of carbonyl (C=O) groups excluding carboxylic acids is 1. The number of hydrogen-bond acceptors (Lipinski definition) is 4. The number of aromatic nitrogens is 1. The topological polar surface area (TPSA) is 87.6 Å². The second-order valence-electron chi connectivity index (χ2n) is 5.32. The Hall–Kier alpha value is -2.65. The zero-order valence-corrected chi connectivity index (χ0v) is 16.2. The number of benzene rings is 1. The van der Waals surface area contributed by atoms with Gasteiger partial charge >= 0.3 is 6.61 Å². The third-order valence-electron chi connectivity index (χ3n) is 3.32. The standard InChI is InChI=1S/C17H17Cl2F2N5O2/c1-22-17(25-9-14(27)26-12-3-2-4-23-8-12)24-7-10-5-11(18)6-13(19)15(10)28-16(20)21/h2-6,8,16H,7,9H2,1H3,(H,26,27)(H2,22,24,25). The van der Waals surface area contributed by atoms with Crippen LogP contribution in [0.5, 0.6) is 5.75 Å². The zero-order valence-electron chi connectivity index (χ0n) is 14.7. The van der Waals surface area contributed by atoms with E-state index in [0.29, 0.717) is 11.3 Å². The summed E-state index contributed by atoms with van der Waals surface area (Å²) in [6.07, 6.45) is 3.10. The van der Waals surface area contributed by atoms with Crippen LogP contribution in [0.25, 0.3) is 0 Å². The Balaban J connectivity index is 1.94. The van der Waals surface area contributed by atoms with Gasteiger partial charge in [-0.15, -0.1) is 0 Å². The predicted molar refractivity (Wildman–Crippen MR) is 104 cm³/mol. The lowest BCUT2D eigenvalue weighted by Gasteiger charge is -2.16. The summed E-state index contributed by atoms with van der Waals surface area (Å²) in [5, 5.41) is 8.56. The second-order valence-corrected chi connectivity index (χ2v) is 6.17. The molecule has 0 radical (unpaired) electrons. The summed E-state index contributed by atoms with van der Waals surface area (Å²) >= 11 is 11.9. The third-order valence-corrected chi connectivity index (χ3v) is 3.82. The van der Waals surface area contributed by atoms with Crippen molar-refractivity contribution in [2.45, 2.75) is 13.2 Å². The summed E-state index contributed by atoms with van der Waals surface area (Å²) in [5.74, 6) is -0.234. The average Bonchev–Trinajstić information content (AvgIpc) is 2.65. The van der Waals surface area contributed by atoms with Gasteiger partial charge in [-0.3, -0.25) is 14.8 Å². The fraction of sp³-hybridized carbons (Fsp3) is 0.235. The number of carbonyl (C=O) groups is 1. The number of aliphatic imine (C=N–C) groups is 1. The molecule has 2 aromatic rings. The van der Waals surface area contributed by atoms with Crippen LogP contribution in [0.1, 0.15) is 5.56 Å². The Morgan fingerprint density at radius 2 is 2.11 bits per heavy atom. The largest absolute Gasteiger partial charge is 0.433 e. The summed E-state index contributed by atoms with van der Waals surface area (Å²) in [7, 11) is 1.50. The van der Waals surface area contributed by atoms with Crippen LogP contribution in [0.3, 0.4) is 0 Å². The van der Waals surface area contributed by atoms with Crippen LogP contribution in [-0.2, 0) is 11.3 Å². The number of nitrogens with one attached hydrogen (secondary N) is 3. The van der Waals surface area contributed by atoms with Crippen molar-refractivity contribution in [2.24, 2.45) is 4.99 Å². The molecule has 0 fully saturated rings. The minimum atomic E-state index is -3.04. The highest BCUT2D eigenvalue weighted by molar-refractivity contribution is 6.35. The van der Waals surface area contributed by atoms with Gasteiger partial charge in [0.05, 0.1) is 23.5 Å². The van der Waals surface area contributed by atoms with Crippen molar-refractivity contribution in [3.8, 4) is 5.75 Å². The van der Waals surface area contributed by atoms with Gasteiger partial charge in [0, 0.05) is 30.4 Å². The third kappa shape index (κ3) is 6.82. The number of halogens is 4. The van der Waals surface area contributed by atoms with Gasteiger partial charge in [-0.05, 0) is 24.3 Å². The van der Waals surface area contributed by atoms with E-state index in [0.717, 1.165) is 0 Å². The zero-order chi connectivity index (χ0) is 20.5. The molecule has 0 unspecified atom stereocenters. The molecule has 0 spiro atoms. The maximum absolute atomic E-state index is 12.6. The van der Waals surface area contributed by atoms with Crippen molar-refractivity contribution in [3.05, 3.63) is 52.3 Å². The van der Waals surface area contributed by atoms with Crippen molar-refractivity contribution in [1.82, 2.24) is 15.6 Å². The smallest absolute Gasteiger partial charge is 0.387 e. The van der Waals surface area contributed by atoms with E-state index >= 15 is 0 Å². The van der Waals surface area contributed by atoms with E-state index in [-0.39, 0.29) is 40.8 Å². The van der Waals surface area contributed by atoms with Crippen LogP contribution in [-0.4, -0.2) is 37.1 Å². The van der Waals surface area contributed by atoms with E-state index in [9.17, 15) is 13.6 Å². The monoisotopic (exact) mass is 431 g/mol. The van der Waals surface area contributed by atoms with Gasteiger partial charge in [0.15, 0.2) is 5.96 Å². The summed E-state index contributed by atoms with van der Waals surface area (Å²) in [6, 6.07) is 6.14. The maximum Gasteiger partial charge on any atom is 0.387 e. The van der Waals surface area contributed by atoms with E-state index in [2.05, 4.69) is 30.7 Å². The molecule has 0 saturated heterocycles. The molecule has 11 heteroatoms. The molecule has 1 aromatic carbocycles. The molecule has 0 atom stereocenters. The lowest BCUT2D eigenvalue weighted by molar-refractivity contribution is -0.115. The van der Waals surface area contributed by atoms with E-state index in [1.54, 1.807) is 18.3 Å². The molecule has 0 aliphatic heterocycles. The van der Waals surface area contributed by atoms with Crippen LogP contribution < -0.4 is 20.7 Å². The minimum absolute atomic E-state index is 0.0340. The number of anilines is 1. The fourth-order valence-corrected chi connectivity index (χ4v) is 2.75. The molecular formula is C17H17Cl2F2N5O2. The Kier molecular flexibility index (Phi) is 8.21. The van der Waals surface area contributed by atoms with Crippen LogP contribution >= 0.6 is 23.2 Å². The number of hydrogen-bond donors (Lipinski definition) is 3. The summed E-state index contributed by atoms with van der Waals surface area (Å²) in [6.45, 7) is -3.08. The van der Waals surface area contributed by atoms with E-state index < -0.39 is 6.61 Å². The molecule has 28 heavy (non-hydrogen) atoms. The highest BCUT2D eigenvalue weighted by Gasteiger charge is 2.15. The SMILES string of the molecule is CN=C(NCC(=O)Nc1cccnc1)NCc1cc(Cl)cc(Cl)c1OC(F)F. The van der Waals surface area contributed by atoms with Crippen molar-refractivity contribution < 1.29 is 18.3 Å². The highest BCUT2D eigenvalue weighted by Crippen LogP contribution is 2.33. The van der Waals surface area contributed by atoms with Crippen LogP contribution in [0, 0.1) is 0 Å².